The molecule has 0 bridgehead atoms. The van der Waals surface area contributed by atoms with Crippen molar-refractivity contribution in [3.63, 3.8) is 0 Å². The SMILES string of the molecule is COC(=O)c1cc(CBr)c(Cl)cc1OC. The number of carbonyl (C=O) groups is 1. The molecule has 0 aromatic heterocycles. The van der Waals surface area contributed by atoms with Crippen LogP contribution in [0.4, 0.5) is 0 Å². The fourth-order valence-corrected chi connectivity index (χ4v) is 1.99. The number of rotatable bonds is 3. The van der Waals surface area contributed by atoms with Gasteiger partial charge in [0.05, 0.1) is 14.2 Å². The van der Waals surface area contributed by atoms with Gasteiger partial charge in [0, 0.05) is 10.4 Å². The standard InChI is InChI=1S/C10H10BrClO3/c1-14-9-4-8(12)6(5-11)3-7(9)10(13)15-2/h3-4H,5H2,1-2H3. The second-order valence-electron chi connectivity index (χ2n) is 2.77. The highest BCUT2D eigenvalue weighted by Crippen LogP contribution is 2.29. The van der Waals surface area contributed by atoms with Gasteiger partial charge in [0.2, 0.25) is 0 Å². The van der Waals surface area contributed by atoms with Gasteiger partial charge >= 0.3 is 5.97 Å². The number of hydrogen-bond donors (Lipinski definition) is 0. The minimum atomic E-state index is -0.439. The molecule has 1 aromatic carbocycles. The summed E-state index contributed by atoms with van der Waals surface area (Å²) in [7, 11) is 2.80. The van der Waals surface area contributed by atoms with Crippen molar-refractivity contribution in [3.05, 3.63) is 28.3 Å². The highest BCUT2D eigenvalue weighted by Gasteiger charge is 2.15. The molecule has 0 N–H and O–H groups in total. The zero-order valence-electron chi connectivity index (χ0n) is 8.34. The van der Waals surface area contributed by atoms with Crippen molar-refractivity contribution in [2.45, 2.75) is 5.33 Å². The van der Waals surface area contributed by atoms with Crippen LogP contribution in [0.3, 0.4) is 0 Å². The molecular formula is C10H10BrClO3. The summed E-state index contributed by atoms with van der Waals surface area (Å²) < 4.78 is 9.69. The Morgan fingerprint density at radius 1 is 1.47 bits per heavy atom. The maximum Gasteiger partial charge on any atom is 0.341 e. The van der Waals surface area contributed by atoms with E-state index in [-0.39, 0.29) is 0 Å². The molecule has 0 saturated carbocycles. The lowest BCUT2D eigenvalue weighted by atomic mass is 10.1. The monoisotopic (exact) mass is 292 g/mol. The minimum Gasteiger partial charge on any atom is -0.496 e. The zero-order chi connectivity index (χ0) is 11.4. The number of alkyl halides is 1. The van der Waals surface area contributed by atoms with E-state index >= 15 is 0 Å². The van der Waals surface area contributed by atoms with Crippen LogP contribution in [0, 0.1) is 0 Å². The first kappa shape index (κ1) is 12.3. The predicted octanol–water partition coefficient (Wildman–Crippen LogP) is 3.03. The van der Waals surface area contributed by atoms with Crippen molar-refractivity contribution in [3.8, 4) is 5.75 Å². The number of benzene rings is 1. The van der Waals surface area contributed by atoms with Gasteiger partial charge in [0.25, 0.3) is 0 Å². The van der Waals surface area contributed by atoms with Gasteiger partial charge < -0.3 is 9.47 Å². The summed E-state index contributed by atoms with van der Waals surface area (Å²) in [6.07, 6.45) is 0. The molecular weight excluding hydrogens is 283 g/mol. The van der Waals surface area contributed by atoms with Crippen molar-refractivity contribution in [2.75, 3.05) is 14.2 Å². The maximum absolute atomic E-state index is 11.4. The third-order valence-corrected chi connectivity index (χ3v) is 2.87. The van der Waals surface area contributed by atoms with Gasteiger partial charge in [-0.1, -0.05) is 27.5 Å². The Morgan fingerprint density at radius 2 is 2.13 bits per heavy atom. The normalized spacial score (nSPS) is 9.87. The Balaban J connectivity index is 3.28. The molecule has 0 aliphatic carbocycles. The summed E-state index contributed by atoms with van der Waals surface area (Å²) in [5.74, 6) is -0.0257. The molecule has 1 rings (SSSR count). The van der Waals surface area contributed by atoms with Gasteiger partial charge in [0.15, 0.2) is 0 Å². The average molecular weight is 294 g/mol. The summed E-state index contributed by atoms with van der Waals surface area (Å²) in [5.41, 5.74) is 1.19. The molecule has 82 valence electrons. The number of esters is 1. The smallest absolute Gasteiger partial charge is 0.341 e. The number of halogens is 2. The summed E-state index contributed by atoms with van der Waals surface area (Å²) in [5, 5.41) is 1.12. The quantitative estimate of drug-likeness (QED) is 0.635. The van der Waals surface area contributed by atoms with Crippen LogP contribution in [0.1, 0.15) is 15.9 Å². The van der Waals surface area contributed by atoms with Crippen LogP contribution >= 0.6 is 27.5 Å². The Morgan fingerprint density at radius 3 is 2.60 bits per heavy atom. The van der Waals surface area contributed by atoms with Gasteiger partial charge in [-0.05, 0) is 17.7 Å². The first-order valence-electron chi connectivity index (χ1n) is 4.14. The van der Waals surface area contributed by atoms with E-state index in [0.29, 0.717) is 21.7 Å². The van der Waals surface area contributed by atoms with E-state index < -0.39 is 5.97 Å². The zero-order valence-corrected chi connectivity index (χ0v) is 10.7. The molecule has 0 unspecified atom stereocenters. The second-order valence-corrected chi connectivity index (χ2v) is 3.74. The van der Waals surface area contributed by atoms with Gasteiger partial charge in [0.1, 0.15) is 11.3 Å². The molecule has 0 fully saturated rings. The lowest BCUT2D eigenvalue weighted by Gasteiger charge is -2.09. The van der Waals surface area contributed by atoms with Gasteiger partial charge in [-0.15, -0.1) is 0 Å². The van der Waals surface area contributed by atoms with Crippen molar-refractivity contribution in [2.24, 2.45) is 0 Å². The largest absolute Gasteiger partial charge is 0.496 e. The number of ether oxygens (including phenoxy) is 2. The molecule has 5 heteroatoms. The molecule has 15 heavy (non-hydrogen) atoms. The summed E-state index contributed by atoms with van der Waals surface area (Å²) in [6.45, 7) is 0. The predicted molar refractivity (Wildman–Crippen MR) is 62.0 cm³/mol. The van der Waals surface area contributed by atoms with Crippen LogP contribution in [-0.2, 0) is 10.1 Å². The molecule has 3 nitrogen and oxygen atoms in total. The first-order valence-corrected chi connectivity index (χ1v) is 5.64. The number of methoxy groups -OCH3 is 2. The molecule has 0 radical (unpaired) electrons. The Hall–Kier alpha value is -0.740. The van der Waals surface area contributed by atoms with Gasteiger partial charge in [-0.3, -0.25) is 0 Å². The van der Waals surface area contributed by atoms with E-state index in [9.17, 15) is 4.79 Å². The third-order valence-electron chi connectivity index (χ3n) is 1.92. The summed E-state index contributed by atoms with van der Waals surface area (Å²) in [4.78, 5) is 11.4. The molecule has 0 aliphatic rings. The maximum atomic E-state index is 11.4. The molecule has 0 atom stereocenters. The van der Waals surface area contributed by atoms with Crippen LogP contribution < -0.4 is 4.74 Å². The Bertz CT molecular complexity index is 379. The molecule has 0 aliphatic heterocycles. The average Bonchev–Trinajstić information content (AvgIpc) is 2.27. The molecule has 0 heterocycles. The van der Waals surface area contributed by atoms with Crippen molar-refractivity contribution >= 4 is 33.5 Å². The topological polar surface area (TPSA) is 35.5 Å². The number of hydrogen-bond acceptors (Lipinski definition) is 3. The molecule has 1 aromatic rings. The lowest BCUT2D eigenvalue weighted by molar-refractivity contribution is 0.0597. The van der Waals surface area contributed by atoms with Crippen LogP contribution in [-0.4, -0.2) is 20.2 Å². The van der Waals surface area contributed by atoms with Crippen LogP contribution in [0.5, 0.6) is 5.75 Å². The van der Waals surface area contributed by atoms with E-state index in [0.717, 1.165) is 5.56 Å². The Kier molecular flexibility index (Phi) is 4.42. The third kappa shape index (κ3) is 2.63. The van der Waals surface area contributed by atoms with Gasteiger partial charge in [-0.25, -0.2) is 4.79 Å². The highest BCUT2D eigenvalue weighted by molar-refractivity contribution is 9.08. The fraction of sp³-hybridized carbons (Fsp3) is 0.300. The second kappa shape index (κ2) is 5.37. The molecule has 0 amide bonds. The molecule has 0 saturated heterocycles. The van der Waals surface area contributed by atoms with Crippen molar-refractivity contribution in [1.29, 1.82) is 0 Å². The van der Waals surface area contributed by atoms with Crippen LogP contribution in [0.15, 0.2) is 12.1 Å². The number of carbonyl (C=O) groups excluding carboxylic acids is 1. The first-order chi connectivity index (χ1) is 7.13. The van der Waals surface area contributed by atoms with Crippen molar-refractivity contribution < 1.29 is 14.3 Å². The van der Waals surface area contributed by atoms with E-state index in [1.807, 2.05) is 0 Å². The lowest BCUT2D eigenvalue weighted by Crippen LogP contribution is -2.05. The summed E-state index contributed by atoms with van der Waals surface area (Å²) >= 11 is 9.25. The van der Waals surface area contributed by atoms with E-state index in [1.165, 1.54) is 14.2 Å². The van der Waals surface area contributed by atoms with Crippen LogP contribution in [0.2, 0.25) is 5.02 Å². The van der Waals surface area contributed by atoms with Crippen molar-refractivity contribution in [1.82, 2.24) is 0 Å². The highest BCUT2D eigenvalue weighted by atomic mass is 79.9. The minimum absolute atomic E-state index is 0.374. The molecule has 0 spiro atoms. The summed E-state index contributed by atoms with van der Waals surface area (Å²) in [6, 6.07) is 3.26. The van der Waals surface area contributed by atoms with E-state index in [1.54, 1.807) is 12.1 Å². The van der Waals surface area contributed by atoms with Gasteiger partial charge in [-0.2, -0.15) is 0 Å². The van der Waals surface area contributed by atoms with E-state index in [4.69, 9.17) is 16.3 Å². The Labute approximate surface area is 101 Å². The van der Waals surface area contributed by atoms with E-state index in [2.05, 4.69) is 20.7 Å². The van der Waals surface area contributed by atoms with Crippen LogP contribution in [0.25, 0.3) is 0 Å². The fourth-order valence-electron chi connectivity index (χ4n) is 1.14.